The Hall–Kier alpha value is 0.180. The molecule has 1 nitrogen and oxygen atoms in total. The van der Waals surface area contributed by atoms with Gasteiger partial charge >= 0.3 is 0 Å². The van der Waals surface area contributed by atoms with Crippen LogP contribution >= 0.6 is 0 Å². The lowest BCUT2D eigenvalue weighted by Gasteiger charge is -2.28. The van der Waals surface area contributed by atoms with E-state index >= 15 is 0 Å². The molecule has 0 aliphatic carbocycles. The van der Waals surface area contributed by atoms with Crippen molar-refractivity contribution >= 4 is 0 Å². The Labute approximate surface area is 107 Å². The fourth-order valence-electron chi connectivity index (χ4n) is 1.76. The zero-order valence-corrected chi connectivity index (χ0v) is 12.4. The summed E-state index contributed by atoms with van der Waals surface area (Å²) in [6, 6.07) is 0. The first-order valence-electron chi connectivity index (χ1n) is 6.05. The van der Waals surface area contributed by atoms with Crippen LogP contribution in [0.1, 0.15) is 45.4 Å². The summed E-state index contributed by atoms with van der Waals surface area (Å²) in [4.78, 5) is 0. The Morgan fingerprint density at radius 2 is 1.53 bits per heavy atom. The number of halogens is 1. The zero-order valence-electron chi connectivity index (χ0n) is 10.8. The second-order valence-corrected chi connectivity index (χ2v) is 4.90. The normalized spacial score (nSPS) is 10.9. The van der Waals surface area contributed by atoms with Gasteiger partial charge in [0.05, 0.1) is 27.2 Å². The van der Waals surface area contributed by atoms with Crippen molar-refractivity contribution in [3.63, 3.8) is 0 Å². The number of quaternary nitrogens is 1. The molecule has 0 aliphatic rings. The van der Waals surface area contributed by atoms with E-state index in [4.69, 9.17) is 0 Å². The van der Waals surface area contributed by atoms with Gasteiger partial charge in [-0.25, -0.2) is 0 Å². The Balaban J connectivity index is 0. The number of nitrogens with zero attached hydrogens (tertiary/aromatic N) is 1. The van der Waals surface area contributed by atoms with Crippen LogP contribution in [0, 0.1) is 0 Å². The minimum atomic E-state index is 0. The largest absolute Gasteiger partial charge is 1.00 e. The predicted octanol–water partition coefficient (Wildman–Crippen LogP) is 0.613. The van der Waals surface area contributed by atoms with E-state index in [0.29, 0.717) is 0 Å². The fourth-order valence-corrected chi connectivity index (χ4v) is 1.76. The van der Waals surface area contributed by atoms with Crippen LogP contribution in [0.5, 0.6) is 0 Å². The lowest BCUT2D eigenvalue weighted by Crippen LogP contribution is -3.00. The van der Waals surface area contributed by atoms with Gasteiger partial charge in [-0.15, -0.1) is 0 Å². The van der Waals surface area contributed by atoms with Crippen molar-refractivity contribution in [2.75, 3.05) is 27.2 Å². The number of hydrogen-bond acceptors (Lipinski definition) is 0. The van der Waals surface area contributed by atoms with Crippen molar-refractivity contribution in [3.8, 4) is 0 Å². The molecule has 2 heteroatoms. The summed E-state index contributed by atoms with van der Waals surface area (Å²) in [6.07, 6.45) is 10.4. The molecule has 0 spiro atoms. The standard InChI is InChI=1S/C13H28N.BrH/c1-5-7-8-9-10-11-13-14(3,4)12-6-2;/h6H,2,5,7-13H2,1,3-4H3;1H/q+1;/p-1. The lowest BCUT2D eigenvalue weighted by molar-refractivity contribution is -0.884. The van der Waals surface area contributed by atoms with Crippen molar-refractivity contribution < 1.29 is 21.5 Å². The maximum Gasteiger partial charge on any atom is 0.0966 e. The summed E-state index contributed by atoms with van der Waals surface area (Å²) >= 11 is 0. The van der Waals surface area contributed by atoms with Crippen LogP contribution in [0.15, 0.2) is 12.7 Å². The molecule has 0 aromatic rings. The summed E-state index contributed by atoms with van der Waals surface area (Å²) in [5, 5.41) is 0. The minimum Gasteiger partial charge on any atom is -1.00 e. The van der Waals surface area contributed by atoms with Crippen LogP contribution < -0.4 is 17.0 Å². The van der Waals surface area contributed by atoms with E-state index in [-0.39, 0.29) is 17.0 Å². The molecule has 0 aromatic heterocycles. The van der Waals surface area contributed by atoms with Gasteiger partial charge in [0.15, 0.2) is 0 Å². The molecule has 0 bridgehead atoms. The average molecular weight is 278 g/mol. The van der Waals surface area contributed by atoms with Gasteiger partial charge in [-0.3, -0.25) is 0 Å². The van der Waals surface area contributed by atoms with E-state index in [9.17, 15) is 0 Å². The van der Waals surface area contributed by atoms with Gasteiger partial charge in [-0.05, 0) is 18.9 Å². The molecule has 0 saturated heterocycles. The van der Waals surface area contributed by atoms with Crippen LogP contribution in [0.4, 0.5) is 0 Å². The summed E-state index contributed by atoms with van der Waals surface area (Å²) in [5.74, 6) is 0. The number of likely N-dealkylation sites (N-methyl/N-ethyl adjacent to an activating group) is 1. The Bertz CT molecular complexity index is 143. The summed E-state index contributed by atoms with van der Waals surface area (Å²) in [6.45, 7) is 8.45. The third-order valence-corrected chi connectivity index (χ3v) is 2.74. The third-order valence-electron chi connectivity index (χ3n) is 2.74. The second-order valence-electron chi connectivity index (χ2n) is 4.90. The summed E-state index contributed by atoms with van der Waals surface area (Å²) in [7, 11) is 4.57. The van der Waals surface area contributed by atoms with Crippen LogP contribution in [-0.4, -0.2) is 31.7 Å². The molecule has 0 saturated carbocycles. The van der Waals surface area contributed by atoms with Gasteiger partial charge in [-0.2, -0.15) is 0 Å². The first-order chi connectivity index (χ1) is 6.62. The SMILES string of the molecule is C=CC[N+](C)(C)CCCCCCCC.[Br-]. The quantitative estimate of drug-likeness (QED) is 0.329. The molecule has 0 amide bonds. The van der Waals surface area contributed by atoms with Crippen molar-refractivity contribution in [1.29, 1.82) is 0 Å². The Morgan fingerprint density at radius 3 is 2.07 bits per heavy atom. The molecule has 92 valence electrons. The van der Waals surface area contributed by atoms with Crippen molar-refractivity contribution in [3.05, 3.63) is 12.7 Å². The molecule has 0 radical (unpaired) electrons. The molecule has 0 rings (SSSR count). The molecule has 0 unspecified atom stereocenters. The molecular weight excluding hydrogens is 250 g/mol. The molecular formula is C13H28BrN. The molecule has 0 N–H and O–H groups in total. The zero-order chi connectivity index (χ0) is 10.9. The maximum absolute atomic E-state index is 3.80. The summed E-state index contributed by atoms with van der Waals surface area (Å²) in [5.41, 5.74) is 0. The maximum atomic E-state index is 3.80. The van der Waals surface area contributed by atoms with Crippen LogP contribution in [0.25, 0.3) is 0 Å². The first kappa shape index (κ1) is 17.6. The molecule has 0 aliphatic heterocycles. The smallest absolute Gasteiger partial charge is 0.0966 e. The van der Waals surface area contributed by atoms with Crippen molar-refractivity contribution in [1.82, 2.24) is 0 Å². The van der Waals surface area contributed by atoms with E-state index in [2.05, 4.69) is 27.6 Å². The molecule has 0 atom stereocenters. The third kappa shape index (κ3) is 12.1. The van der Waals surface area contributed by atoms with Crippen LogP contribution in [0.3, 0.4) is 0 Å². The van der Waals surface area contributed by atoms with Crippen molar-refractivity contribution in [2.24, 2.45) is 0 Å². The highest BCUT2D eigenvalue weighted by Crippen LogP contribution is 2.07. The van der Waals surface area contributed by atoms with Gasteiger partial charge in [0.1, 0.15) is 0 Å². The van der Waals surface area contributed by atoms with E-state index in [1.165, 1.54) is 45.1 Å². The lowest BCUT2D eigenvalue weighted by atomic mass is 10.1. The monoisotopic (exact) mass is 277 g/mol. The van der Waals surface area contributed by atoms with E-state index in [0.717, 1.165) is 11.0 Å². The van der Waals surface area contributed by atoms with Crippen LogP contribution in [0.2, 0.25) is 0 Å². The van der Waals surface area contributed by atoms with Crippen LogP contribution in [-0.2, 0) is 0 Å². The topological polar surface area (TPSA) is 0 Å². The Morgan fingerprint density at radius 1 is 1.00 bits per heavy atom. The van der Waals surface area contributed by atoms with E-state index in [1.54, 1.807) is 0 Å². The minimum absolute atomic E-state index is 0. The van der Waals surface area contributed by atoms with Gasteiger partial charge in [0.2, 0.25) is 0 Å². The highest BCUT2D eigenvalue weighted by Gasteiger charge is 2.10. The highest BCUT2D eigenvalue weighted by atomic mass is 79.9. The van der Waals surface area contributed by atoms with Crippen molar-refractivity contribution in [2.45, 2.75) is 45.4 Å². The number of hydrogen-bond donors (Lipinski definition) is 0. The fraction of sp³-hybridized carbons (Fsp3) is 0.846. The average Bonchev–Trinajstić information content (AvgIpc) is 2.11. The van der Waals surface area contributed by atoms with E-state index in [1.807, 2.05) is 6.08 Å². The summed E-state index contributed by atoms with van der Waals surface area (Å²) < 4.78 is 1.09. The predicted molar refractivity (Wildman–Crippen MR) is 65.4 cm³/mol. The first-order valence-corrected chi connectivity index (χ1v) is 6.05. The van der Waals surface area contributed by atoms with E-state index < -0.39 is 0 Å². The molecule has 0 heterocycles. The molecule has 0 fully saturated rings. The highest BCUT2D eigenvalue weighted by molar-refractivity contribution is 4.64. The molecule has 0 aromatic carbocycles. The van der Waals surface area contributed by atoms with Gasteiger partial charge < -0.3 is 21.5 Å². The molecule has 15 heavy (non-hydrogen) atoms. The Kier molecular flexibility index (Phi) is 12.5. The number of rotatable bonds is 9. The van der Waals surface area contributed by atoms with Gasteiger partial charge in [0, 0.05) is 0 Å². The second kappa shape index (κ2) is 10.7. The van der Waals surface area contributed by atoms with Gasteiger partial charge in [0.25, 0.3) is 0 Å². The van der Waals surface area contributed by atoms with Gasteiger partial charge in [-0.1, -0.05) is 39.2 Å². The number of unbranched alkanes of at least 4 members (excludes halogenated alkanes) is 5.